The molecule has 0 aromatic heterocycles. The van der Waals surface area contributed by atoms with E-state index in [-0.39, 0.29) is 15.5 Å². The fourth-order valence-electron chi connectivity index (χ4n) is 3.19. The molecule has 0 aliphatic carbocycles. The van der Waals surface area contributed by atoms with Crippen LogP contribution < -0.4 is 5.32 Å². The Bertz CT molecular complexity index is 1110. The van der Waals surface area contributed by atoms with Gasteiger partial charge in [0.1, 0.15) is 4.90 Å². The summed E-state index contributed by atoms with van der Waals surface area (Å²) in [7, 11) is -0.956. The van der Waals surface area contributed by atoms with E-state index >= 15 is 0 Å². The topological polar surface area (TPSA) is 66.5 Å². The van der Waals surface area contributed by atoms with Crippen molar-refractivity contribution in [3.63, 3.8) is 0 Å². The molecule has 3 rings (SSSR count). The van der Waals surface area contributed by atoms with E-state index in [1.54, 1.807) is 0 Å². The number of halogens is 1. The van der Waals surface area contributed by atoms with Crippen molar-refractivity contribution in [3.05, 3.63) is 101 Å². The summed E-state index contributed by atoms with van der Waals surface area (Å²) in [5, 5.41) is 3.14. The summed E-state index contributed by atoms with van der Waals surface area (Å²) >= 11 is 6.12. The molecule has 0 fully saturated rings. The van der Waals surface area contributed by atoms with Crippen molar-refractivity contribution in [2.45, 2.75) is 17.4 Å². The highest BCUT2D eigenvalue weighted by Crippen LogP contribution is 2.30. The summed E-state index contributed by atoms with van der Waals surface area (Å²) in [4.78, 5) is 13.1. The van der Waals surface area contributed by atoms with E-state index in [1.165, 1.54) is 32.3 Å². The fraction of sp³-hybridized carbons (Fsp3) is 0.174. The number of rotatable bonds is 6. The molecule has 156 valence electrons. The molecule has 7 heteroatoms. The number of benzene rings is 3. The minimum atomic E-state index is -3.79. The number of carbonyl (C=O) groups excluding carboxylic acids is 1. The smallest absolute Gasteiger partial charge is 0.252 e. The van der Waals surface area contributed by atoms with E-state index < -0.39 is 21.5 Å². The monoisotopic (exact) mass is 442 g/mol. The first-order valence-corrected chi connectivity index (χ1v) is 11.1. The van der Waals surface area contributed by atoms with Gasteiger partial charge in [0, 0.05) is 19.7 Å². The minimum absolute atomic E-state index is 0.0640. The molecule has 3 aromatic carbocycles. The zero-order valence-electron chi connectivity index (χ0n) is 17.0. The van der Waals surface area contributed by atoms with Gasteiger partial charge < -0.3 is 5.32 Å². The van der Waals surface area contributed by atoms with Gasteiger partial charge in [-0.1, -0.05) is 72.3 Å². The summed E-state index contributed by atoms with van der Waals surface area (Å²) in [6.45, 7) is 1.92. The molecule has 1 N–H and O–H groups in total. The van der Waals surface area contributed by atoms with Crippen LogP contribution in [-0.2, 0) is 15.6 Å². The number of sulfonamides is 1. The number of hydrogen-bond donors (Lipinski definition) is 1. The molecule has 0 saturated heterocycles. The van der Waals surface area contributed by atoms with Crippen molar-refractivity contribution < 1.29 is 13.2 Å². The summed E-state index contributed by atoms with van der Waals surface area (Å²) in [6.07, 6.45) is 0. The van der Waals surface area contributed by atoms with Gasteiger partial charge in [0.2, 0.25) is 10.0 Å². The van der Waals surface area contributed by atoms with Gasteiger partial charge in [-0.2, -0.15) is 0 Å². The van der Waals surface area contributed by atoms with Crippen LogP contribution in [0.2, 0.25) is 5.02 Å². The molecule has 30 heavy (non-hydrogen) atoms. The van der Waals surface area contributed by atoms with E-state index in [4.69, 9.17) is 11.6 Å². The number of carbonyl (C=O) groups is 1. The van der Waals surface area contributed by atoms with Crippen molar-refractivity contribution in [1.82, 2.24) is 9.62 Å². The van der Waals surface area contributed by atoms with Crippen molar-refractivity contribution >= 4 is 27.5 Å². The lowest BCUT2D eigenvalue weighted by Gasteiger charge is -2.32. The number of nitrogens with one attached hydrogen (secondary N) is 1. The van der Waals surface area contributed by atoms with Gasteiger partial charge in [-0.15, -0.1) is 0 Å². The van der Waals surface area contributed by atoms with Crippen LogP contribution >= 0.6 is 11.6 Å². The highest BCUT2D eigenvalue weighted by Gasteiger charge is 2.31. The van der Waals surface area contributed by atoms with Gasteiger partial charge in [-0.25, -0.2) is 12.7 Å². The normalized spacial score (nSPS) is 12.0. The summed E-state index contributed by atoms with van der Waals surface area (Å²) < 4.78 is 26.2. The first-order chi connectivity index (χ1) is 14.2. The van der Waals surface area contributed by atoms with Crippen molar-refractivity contribution in [3.8, 4) is 0 Å². The minimum Gasteiger partial charge on any atom is -0.339 e. The maximum Gasteiger partial charge on any atom is 0.252 e. The Hall–Kier alpha value is -2.67. The predicted octanol–water partition coefficient (Wildman–Crippen LogP) is 4.28. The molecule has 3 aromatic rings. The van der Waals surface area contributed by atoms with Gasteiger partial charge in [-0.3, -0.25) is 4.79 Å². The van der Waals surface area contributed by atoms with E-state index in [0.29, 0.717) is 0 Å². The third-order valence-electron chi connectivity index (χ3n) is 5.02. The van der Waals surface area contributed by atoms with Crippen LogP contribution in [-0.4, -0.2) is 32.7 Å². The third kappa shape index (κ3) is 4.26. The molecule has 0 saturated carbocycles. The number of hydrogen-bond acceptors (Lipinski definition) is 3. The third-order valence-corrected chi connectivity index (χ3v) is 7.31. The van der Waals surface area contributed by atoms with E-state index in [0.717, 1.165) is 15.4 Å². The van der Waals surface area contributed by atoms with Crippen molar-refractivity contribution in [2.75, 3.05) is 14.1 Å². The first-order valence-electron chi connectivity index (χ1n) is 9.32. The van der Waals surface area contributed by atoms with Crippen LogP contribution in [0.1, 0.15) is 28.4 Å². The largest absolute Gasteiger partial charge is 0.339 e. The average Bonchev–Trinajstić information content (AvgIpc) is 2.75. The second-order valence-electron chi connectivity index (χ2n) is 7.24. The molecule has 0 aliphatic rings. The highest BCUT2D eigenvalue weighted by atomic mass is 35.5. The molecule has 0 bridgehead atoms. The van der Waals surface area contributed by atoms with Gasteiger partial charge >= 0.3 is 0 Å². The van der Waals surface area contributed by atoms with E-state index in [9.17, 15) is 13.2 Å². The molecule has 1 amide bonds. The van der Waals surface area contributed by atoms with Crippen LogP contribution in [0.5, 0.6) is 0 Å². The summed E-state index contributed by atoms with van der Waals surface area (Å²) in [6, 6.07) is 23.5. The van der Waals surface area contributed by atoms with E-state index in [1.807, 2.05) is 67.6 Å². The molecule has 0 heterocycles. The van der Waals surface area contributed by atoms with Gasteiger partial charge in [0.15, 0.2) is 0 Å². The first kappa shape index (κ1) is 22.0. The summed E-state index contributed by atoms with van der Waals surface area (Å²) in [5.74, 6) is -0.405. The molecule has 0 atom stereocenters. The van der Waals surface area contributed by atoms with Gasteiger partial charge in [0.25, 0.3) is 5.91 Å². The molecule has 5 nitrogen and oxygen atoms in total. The average molecular weight is 443 g/mol. The molecular weight excluding hydrogens is 420 g/mol. The highest BCUT2D eigenvalue weighted by molar-refractivity contribution is 7.89. The number of nitrogens with zero attached hydrogens (tertiary/aromatic N) is 1. The van der Waals surface area contributed by atoms with Gasteiger partial charge in [0.05, 0.1) is 10.6 Å². The molecule has 0 radical (unpaired) electrons. The summed E-state index contributed by atoms with van der Waals surface area (Å²) in [5.41, 5.74) is 1.19. The van der Waals surface area contributed by atoms with Crippen LogP contribution in [0.15, 0.2) is 83.8 Å². The van der Waals surface area contributed by atoms with Crippen LogP contribution in [0.25, 0.3) is 0 Å². The molecular formula is C23H23ClN2O3S. The van der Waals surface area contributed by atoms with Crippen LogP contribution in [0.3, 0.4) is 0 Å². The molecule has 0 unspecified atom stereocenters. The van der Waals surface area contributed by atoms with Crippen molar-refractivity contribution in [2.24, 2.45) is 0 Å². The Balaban J connectivity index is 2.04. The Labute approximate surface area is 182 Å². The molecule has 0 spiro atoms. The lowest BCUT2D eigenvalue weighted by atomic mass is 9.84. The maximum atomic E-state index is 13.2. The second kappa shape index (κ2) is 8.60. The standard InChI is InChI=1S/C23H23ClN2O3S/c1-23(18-10-6-4-7-11-18,19-12-8-5-9-13-19)25-22(27)17-14-15-20(24)21(16-17)30(28,29)26(2)3/h4-16H,1-3H3,(H,25,27). The Morgan fingerprint density at radius 1 is 0.900 bits per heavy atom. The van der Waals surface area contributed by atoms with Crippen LogP contribution in [0.4, 0.5) is 0 Å². The van der Waals surface area contributed by atoms with E-state index in [2.05, 4.69) is 5.32 Å². The zero-order valence-corrected chi connectivity index (χ0v) is 18.5. The second-order valence-corrected chi connectivity index (χ2v) is 9.77. The quantitative estimate of drug-likeness (QED) is 0.619. The Morgan fingerprint density at radius 3 is 1.87 bits per heavy atom. The Kier molecular flexibility index (Phi) is 6.31. The lowest BCUT2D eigenvalue weighted by molar-refractivity contribution is 0.0919. The lowest BCUT2D eigenvalue weighted by Crippen LogP contribution is -2.44. The van der Waals surface area contributed by atoms with Gasteiger partial charge in [-0.05, 0) is 36.2 Å². The van der Waals surface area contributed by atoms with Crippen LogP contribution in [0, 0.1) is 0 Å². The van der Waals surface area contributed by atoms with Crippen molar-refractivity contribution in [1.29, 1.82) is 0 Å². The SMILES string of the molecule is CN(C)S(=O)(=O)c1cc(C(=O)NC(C)(c2ccccc2)c2ccccc2)ccc1Cl. The zero-order chi connectivity index (χ0) is 21.9. The fourth-order valence-corrected chi connectivity index (χ4v) is 4.59. The Morgan fingerprint density at radius 2 is 1.40 bits per heavy atom. The maximum absolute atomic E-state index is 13.2. The number of amides is 1. The predicted molar refractivity (Wildman–Crippen MR) is 119 cm³/mol. The molecule has 0 aliphatic heterocycles.